The Morgan fingerprint density at radius 3 is 2.44 bits per heavy atom. The topological polar surface area (TPSA) is 49.3 Å². The Hall–Kier alpha value is -1.13. The Balaban J connectivity index is 3.01. The molecule has 0 aliphatic rings. The van der Waals surface area contributed by atoms with Crippen LogP contribution < -0.4 is 5.32 Å². The highest BCUT2D eigenvalue weighted by atomic mass is 35.5. The minimum absolute atomic E-state index is 0.0108. The van der Waals surface area contributed by atoms with Gasteiger partial charge in [0.15, 0.2) is 0 Å². The van der Waals surface area contributed by atoms with Gasteiger partial charge in [-0.1, -0.05) is 31.5 Å². The molecule has 3 nitrogen and oxygen atoms in total. The van der Waals surface area contributed by atoms with E-state index in [1.165, 1.54) is 13.0 Å². The van der Waals surface area contributed by atoms with E-state index in [-0.39, 0.29) is 5.92 Å². The Bertz CT molecular complexity index is 435. The monoisotopic (exact) mass is 273 g/mol. The first-order chi connectivity index (χ1) is 8.32. The van der Waals surface area contributed by atoms with E-state index in [1.807, 2.05) is 13.8 Å². The fourth-order valence-electron chi connectivity index (χ4n) is 1.63. The van der Waals surface area contributed by atoms with Gasteiger partial charge < -0.3 is 10.4 Å². The van der Waals surface area contributed by atoms with E-state index >= 15 is 0 Å². The zero-order chi connectivity index (χ0) is 13.9. The third-order valence-electron chi connectivity index (χ3n) is 2.64. The van der Waals surface area contributed by atoms with E-state index in [1.54, 1.807) is 12.1 Å². The van der Waals surface area contributed by atoms with Crippen molar-refractivity contribution in [2.45, 2.75) is 32.9 Å². The van der Waals surface area contributed by atoms with Gasteiger partial charge in [0.05, 0.1) is 6.04 Å². The molecule has 18 heavy (non-hydrogen) atoms. The summed E-state index contributed by atoms with van der Waals surface area (Å²) in [5.41, 5.74) is 0.364. The van der Waals surface area contributed by atoms with Gasteiger partial charge in [-0.05, 0) is 25.0 Å². The molecule has 0 bridgehead atoms. The molecule has 0 aromatic heterocycles. The number of aliphatic hydroxyl groups is 1. The van der Waals surface area contributed by atoms with Crippen molar-refractivity contribution < 1.29 is 14.3 Å². The van der Waals surface area contributed by atoms with Crippen LogP contribution in [0.25, 0.3) is 0 Å². The average Bonchev–Trinajstić information content (AvgIpc) is 2.26. The van der Waals surface area contributed by atoms with Gasteiger partial charge in [0.1, 0.15) is 11.9 Å². The summed E-state index contributed by atoms with van der Waals surface area (Å²) in [5, 5.41) is 12.1. The quantitative estimate of drug-likeness (QED) is 0.886. The van der Waals surface area contributed by atoms with Crippen LogP contribution in [0.1, 0.15) is 32.4 Å². The van der Waals surface area contributed by atoms with Crippen LogP contribution in [0.2, 0.25) is 5.02 Å². The van der Waals surface area contributed by atoms with Crippen molar-refractivity contribution in [2.75, 3.05) is 0 Å². The zero-order valence-electron chi connectivity index (χ0n) is 10.6. The van der Waals surface area contributed by atoms with Crippen LogP contribution >= 0.6 is 11.6 Å². The molecule has 0 saturated heterocycles. The number of rotatable bonds is 4. The maximum Gasteiger partial charge on any atom is 0.249 e. The predicted octanol–water partition coefficient (Wildman–Crippen LogP) is 2.67. The van der Waals surface area contributed by atoms with Crippen molar-refractivity contribution in [1.82, 2.24) is 5.32 Å². The number of carbonyl (C=O) groups excluding carboxylic acids is 1. The molecule has 0 aliphatic heterocycles. The summed E-state index contributed by atoms with van der Waals surface area (Å²) in [6, 6.07) is 3.83. The minimum Gasteiger partial charge on any atom is -0.384 e. The fraction of sp³-hybridized carbons (Fsp3) is 0.462. The predicted molar refractivity (Wildman–Crippen MR) is 68.8 cm³/mol. The third-order valence-corrected chi connectivity index (χ3v) is 2.88. The lowest BCUT2D eigenvalue weighted by Crippen LogP contribution is -2.38. The van der Waals surface area contributed by atoms with Gasteiger partial charge in [0, 0.05) is 10.6 Å². The number of hydrogen-bond acceptors (Lipinski definition) is 2. The largest absolute Gasteiger partial charge is 0.384 e. The number of nitrogens with one attached hydrogen (secondary N) is 1. The summed E-state index contributed by atoms with van der Waals surface area (Å²) in [6.45, 7) is 5.09. The third kappa shape index (κ3) is 3.68. The lowest BCUT2D eigenvalue weighted by molar-refractivity contribution is -0.129. The maximum absolute atomic E-state index is 13.8. The van der Waals surface area contributed by atoms with Gasteiger partial charge >= 0.3 is 0 Å². The van der Waals surface area contributed by atoms with Crippen LogP contribution in [0.4, 0.5) is 4.39 Å². The highest BCUT2D eigenvalue weighted by Gasteiger charge is 2.23. The molecule has 0 saturated carbocycles. The molecule has 0 radical (unpaired) electrons. The van der Waals surface area contributed by atoms with Gasteiger partial charge in [0.2, 0.25) is 5.91 Å². The standard InChI is InChI=1S/C13H17ClFNO2/c1-7(2)12(16-13(18)8(3)17)10-5-4-9(14)6-11(10)15/h4-8,12,17H,1-3H3,(H,16,18)/t8-,12+/m1/s1. The SMILES string of the molecule is CC(C)[C@H](NC(=O)[C@@H](C)O)c1ccc(Cl)cc1F. The van der Waals surface area contributed by atoms with Crippen LogP contribution in [0.3, 0.4) is 0 Å². The summed E-state index contributed by atoms with van der Waals surface area (Å²) in [7, 11) is 0. The first-order valence-corrected chi connectivity index (χ1v) is 6.14. The highest BCUT2D eigenvalue weighted by Crippen LogP contribution is 2.26. The molecule has 1 rings (SSSR count). The number of aliphatic hydroxyl groups excluding tert-OH is 1. The van der Waals surface area contributed by atoms with E-state index in [2.05, 4.69) is 5.32 Å². The second kappa shape index (κ2) is 6.16. The highest BCUT2D eigenvalue weighted by molar-refractivity contribution is 6.30. The lowest BCUT2D eigenvalue weighted by Gasteiger charge is -2.24. The van der Waals surface area contributed by atoms with E-state index in [0.29, 0.717) is 10.6 Å². The van der Waals surface area contributed by atoms with Crippen molar-refractivity contribution in [2.24, 2.45) is 5.92 Å². The Morgan fingerprint density at radius 1 is 1.39 bits per heavy atom. The first kappa shape index (κ1) is 14.9. The van der Waals surface area contributed by atoms with Gasteiger partial charge in [-0.25, -0.2) is 4.39 Å². The molecular weight excluding hydrogens is 257 g/mol. The van der Waals surface area contributed by atoms with Crippen molar-refractivity contribution in [1.29, 1.82) is 0 Å². The summed E-state index contributed by atoms with van der Waals surface area (Å²) in [4.78, 5) is 11.5. The molecule has 0 fully saturated rings. The van der Waals surface area contributed by atoms with Crippen molar-refractivity contribution in [3.8, 4) is 0 Å². The molecule has 100 valence electrons. The van der Waals surface area contributed by atoms with Crippen molar-refractivity contribution in [3.05, 3.63) is 34.6 Å². The maximum atomic E-state index is 13.8. The Morgan fingerprint density at radius 2 is 2.00 bits per heavy atom. The second-order valence-corrected chi connectivity index (χ2v) is 5.01. The number of benzene rings is 1. The molecule has 2 atom stereocenters. The Labute approximate surface area is 111 Å². The van der Waals surface area contributed by atoms with Crippen molar-refractivity contribution >= 4 is 17.5 Å². The molecule has 0 unspecified atom stereocenters. The van der Waals surface area contributed by atoms with E-state index in [4.69, 9.17) is 11.6 Å². The molecule has 0 heterocycles. The minimum atomic E-state index is -1.12. The lowest BCUT2D eigenvalue weighted by atomic mass is 9.95. The number of halogens is 2. The van der Waals surface area contributed by atoms with E-state index in [9.17, 15) is 14.3 Å². The molecule has 2 N–H and O–H groups in total. The molecule has 1 amide bonds. The van der Waals surface area contributed by atoms with Crippen LogP contribution in [0, 0.1) is 11.7 Å². The number of hydrogen-bond donors (Lipinski definition) is 2. The fourth-order valence-corrected chi connectivity index (χ4v) is 1.79. The van der Waals surface area contributed by atoms with E-state index in [0.717, 1.165) is 0 Å². The van der Waals surface area contributed by atoms with Gasteiger partial charge in [-0.15, -0.1) is 0 Å². The summed E-state index contributed by atoms with van der Waals surface area (Å²) >= 11 is 5.69. The summed E-state index contributed by atoms with van der Waals surface area (Å²) in [5.74, 6) is -1.00. The molecule has 0 aliphatic carbocycles. The van der Waals surface area contributed by atoms with Crippen LogP contribution in [-0.2, 0) is 4.79 Å². The summed E-state index contributed by atoms with van der Waals surface area (Å²) in [6.07, 6.45) is -1.12. The van der Waals surface area contributed by atoms with Gasteiger partial charge in [-0.3, -0.25) is 4.79 Å². The van der Waals surface area contributed by atoms with Crippen LogP contribution in [0.5, 0.6) is 0 Å². The molecule has 1 aromatic carbocycles. The van der Waals surface area contributed by atoms with Crippen molar-refractivity contribution in [3.63, 3.8) is 0 Å². The molecule has 5 heteroatoms. The first-order valence-electron chi connectivity index (χ1n) is 5.76. The summed E-state index contributed by atoms with van der Waals surface area (Å²) < 4.78 is 13.8. The molecule has 0 spiro atoms. The zero-order valence-corrected chi connectivity index (χ0v) is 11.3. The number of amides is 1. The second-order valence-electron chi connectivity index (χ2n) is 4.57. The molecular formula is C13H17ClFNO2. The van der Waals surface area contributed by atoms with Gasteiger partial charge in [0.25, 0.3) is 0 Å². The van der Waals surface area contributed by atoms with Gasteiger partial charge in [-0.2, -0.15) is 0 Å². The molecule has 1 aromatic rings. The van der Waals surface area contributed by atoms with E-state index < -0.39 is 23.9 Å². The smallest absolute Gasteiger partial charge is 0.249 e. The average molecular weight is 274 g/mol. The normalized spacial score (nSPS) is 14.4. The Kier molecular flexibility index (Phi) is 5.11. The number of carbonyl (C=O) groups is 1. The van der Waals surface area contributed by atoms with Crippen LogP contribution in [0.15, 0.2) is 18.2 Å². The van der Waals surface area contributed by atoms with Crippen LogP contribution in [-0.4, -0.2) is 17.1 Å².